The number of rotatable bonds is 6. The van der Waals surface area contributed by atoms with Crippen molar-refractivity contribution in [2.75, 3.05) is 25.5 Å². The first-order valence-electron chi connectivity index (χ1n) is 6.07. The number of hydrogen-bond acceptors (Lipinski definition) is 2. The minimum atomic E-state index is -0.962. The zero-order valence-electron chi connectivity index (χ0n) is 10.2. The molecule has 1 heterocycles. The van der Waals surface area contributed by atoms with E-state index in [0.29, 0.717) is 12.3 Å². The Labute approximate surface area is 112 Å². The summed E-state index contributed by atoms with van der Waals surface area (Å²) >= 11 is 5.81. The maximum atomic E-state index is 10.7. The number of aliphatic carboxylic acids is 1. The Morgan fingerprint density at radius 2 is 2.00 bits per heavy atom. The highest BCUT2D eigenvalue weighted by molar-refractivity contribution is 6.18. The molecular formula is C13H18ClN2O2+. The van der Waals surface area contributed by atoms with E-state index >= 15 is 0 Å². The second kappa shape index (κ2) is 5.26. The average Bonchev–Trinajstić information content (AvgIpc) is 3.11. The number of alkyl halides is 1. The molecule has 3 N–H and O–H groups in total. The van der Waals surface area contributed by atoms with Gasteiger partial charge in [0.05, 0.1) is 12.4 Å². The Hall–Kier alpha value is -1.10. The molecule has 1 aliphatic rings. The Morgan fingerprint density at radius 1 is 1.39 bits per heavy atom. The highest BCUT2D eigenvalue weighted by Crippen LogP contribution is 2.32. The molecule has 0 saturated carbocycles. The number of halogens is 1. The lowest BCUT2D eigenvalue weighted by Gasteiger charge is -2.17. The first kappa shape index (κ1) is 13.3. The molecule has 1 aromatic rings. The molecule has 98 valence electrons. The number of carboxylic acid groups (broad SMARTS) is 1. The monoisotopic (exact) mass is 269 g/mol. The van der Waals surface area contributed by atoms with Gasteiger partial charge in [0.25, 0.3) is 0 Å². The van der Waals surface area contributed by atoms with Gasteiger partial charge < -0.3 is 10.8 Å². The molecule has 0 amide bonds. The van der Waals surface area contributed by atoms with Gasteiger partial charge in [0.2, 0.25) is 0 Å². The largest absolute Gasteiger partial charge is 0.480 e. The van der Waals surface area contributed by atoms with Crippen LogP contribution in [0.1, 0.15) is 5.56 Å². The van der Waals surface area contributed by atoms with Crippen molar-refractivity contribution in [2.45, 2.75) is 12.5 Å². The number of hydrogen-bond donors (Lipinski definition) is 2. The van der Waals surface area contributed by atoms with Crippen LogP contribution < -0.4 is 10.2 Å². The Bertz CT molecular complexity index is 429. The zero-order valence-corrected chi connectivity index (χ0v) is 10.9. The highest BCUT2D eigenvalue weighted by Gasteiger charge is 2.43. The lowest BCUT2D eigenvalue weighted by atomic mass is 10.1. The number of quaternary nitrogens is 1. The van der Waals surface area contributed by atoms with Gasteiger partial charge in [0.15, 0.2) is 0 Å². The zero-order chi connectivity index (χ0) is 13.2. The van der Waals surface area contributed by atoms with Gasteiger partial charge in [-0.05, 0) is 24.1 Å². The van der Waals surface area contributed by atoms with Gasteiger partial charge in [0.1, 0.15) is 24.8 Å². The van der Waals surface area contributed by atoms with Crippen LogP contribution >= 0.6 is 11.6 Å². The van der Waals surface area contributed by atoms with Gasteiger partial charge in [-0.25, -0.2) is 0 Å². The molecule has 1 aromatic carbocycles. The minimum Gasteiger partial charge on any atom is -0.480 e. The average molecular weight is 270 g/mol. The van der Waals surface area contributed by atoms with Crippen LogP contribution in [0.2, 0.25) is 0 Å². The van der Waals surface area contributed by atoms with Crippen molar-refractivity contribution in [1.29, 1.82) is 0 Å². The third-order valence-corrected chi connectivity index (χ3v) is 3.70. The van der Waals surface area contributed by atoms with Gasteiger partial charge >= 0.3 is 5.97 Å². The molecule has 0 aromatic heterocycles. The molecule has 1 atom stereocenters. The van der Waals surface area contributed by atoms with Crippen molar-refractivity contribution in [3.8, 4) is 0 Å². The summed E-state index contributed by atoms with van der Waals surface area (Å²) in [7, 11) is 0. The number of benzene rings is 1. The molecular weight excluding hydrogens is 252 g/mol. The van der Waals surface area contributed by atoms with E-state index in [4.69, 9.17) is 22.4 Å². The number of carbonyl (C=O) groups is 1. The maximum Gasteiger partial charge on any atom is 0.320 e. The van der Waals surface area contributed by atoms with Crippen molar-refractivity contribution >= 4 is 23.3 Å². The number of nitrogens with two attached hydrogens (primary N) is 1. The summed E-state index contributed by atoms with van der Waals surface area (Å²) in [5.74, 6) is -0.304. The summed E-state index contributed by atoms with van der Waals surface area (Å²) in [5.41, 5.74) is 7.72. The van der Waals surface area contributed by atoms with Gasteiger partial charge in [-0.1, -0.05) is 12.1 Å². The molecule has 0 spiro atoms. The van der Waals surface area contributed by atoms with E-state index < -0.39 is 12.0 Å². The first-order chi connectivity index (χ1) is 8.57. The van der Waals surface area contributed by atoms with Crippen LogP contribution in [0.25, 0.3) is 0 Å². The van der Waals surface area contributed by atoms with Crippen LogP contribution in [0.3, 0.4) is 0 Å². The molecule has 0 radical (unpaired) electrons. The molecule has 4 nitrogen and oxygen atoms in total. The molecule has 18 heavy (non-hydrogen) atoms. The van der Waals surface area contributed by atoms with E-state index in [1.165, 1.54) is 5.69 Å². The summed E-state index contributed by atoms with van der Waals surface area (Å²) in [6, 6.07) is 7.21. The molecule has 1 saturated heterocycles. The van der Waals surface area contributed by atoms with E-state index in [-0.39, 0.29) is 0 Å². The third kappa shape index (κ3) is 2.83. The Kier molecular flexibility index (Phi) is 3.90. The van der Waals surface area contributed by atoms with E-state index in [0.717, 1.165) is 29.7 Å². The smallest absolute Gasteiger partial charge is 0.320 e. The SMILES string of the molecule is N[C@@H](Cc1ccc([N+]2(CCCl)CC2)cc1)C(=O)O. The van der Waals surface area contributed by atoms with E-state index in [1.807, 2.05) is 12.1 Å². The fourth-order valence-corrected chi connectivity index (χ4v) is 2.51. The molecule has 0 unspecified atom stereocenters. The summed E-state index contributed by atoms with van der Waals surface area (Å²) in [4.78, 5) is 10.7. The topological polar surface area (TPSA) is 63.3 Å². The van der Waals surface area contributed by atoms with Crippen molar-refractivity contribution in [3.05, 3.63) is 29.8 Å². The Morgan fingerprint density at radius 3 is 2.44 bits per heavy atom. The summed E-state index contributed by atoms with van der Waals surface area (Å²) < 4.78 is 0.953. The van der Waals surface area contributed by atoms with Crippen molar-refractivity contribution in [2.24, 2.45) is 5.73 Å². The van der Waals surface area contributed by atoms with Gasteiger partial charge in [-0.15, -0.1) is 11.6 Å². The quantitative estimate of drug-likeness (QED) is 0.463. The van der Waals surface area contributed by atoms with Crippen LogP contribution in [0, 0.1) is 0 Å². The van der Waals surface area contributed by atoms with Crippen LogP contribution in [-0.4, -0.2) is 42.6 Å². The highest BCUT2D eigenvalue weighted by atomic mass is 35.5. The third-order valence-electron chi connectivity index (χ3n) is 3.53. The van der Waals surface area contributed by atoms with Gasteiger partial charge in [-0.2, -0.15) is 0 Å². The van der Waals surface area contributed by atoms with Gasteiger partial charge in [0, 0.05) is 0 Å². The van der Waals surface area contributed by atoms with Gasteiger partial charge in [-0.3, -0.25) is 9.28 Å². The van der Waals surface area contributed by atoms with Crippen LogP contribution in [-0.2, 0) is 11.2 Å². The molecule has 0 aliphatic carbocycles. The summed E-state index contributed by atoms with van der Waals surface area (Å²) in [6.07, 6.45) is 0.366. The van der Waals surface area contributed by atoms with Crippen LogP contribution in [0.15, 0.2) is 24.3 Å². The predicted octanol–water partition coefficient (Wildman–Crippen LogP) is 1.20. The van der Waals surface area contributed by atoms with E-state index in [9.17, 15) is 4.79 Å². The molecule has 5 heteroatoms. The Balaban J connectivity index is 2.04. The maximum absolute atomic E-state index is 10.7. The second-order valence-corrected chi connectivity index (χ2v) is 5.20. The molecule has 2 rings (SSSR count). The summed E-state index contributed by atoms with van der Waals surface area (Å²) in [6.45, 7) is 3.23. The number of nitrogens with zero attached hydrogens (tertiary/aromatic N) is 1. The fourth-order valence-electron chi connectivity index (χ4n) is 2.18. The molecule has 1 fully saturated rings. The van der Waals surface area contributed by atoms with Crippen molar-refractivity contribution in [1.82, 2.24) is 4.48 Å². The minimum absolute atomic E-state index is 0.366. The van der Waals surface area contributed by atoms with E-state index in [1.54, 1.807) is 0 Å². The summed E-state index contributed by atoms with van der Waals surface area (Å²) in [5, 5.41) is 8.76. The second-order valence-electron chi connectivity index (χ2n) is 4.82. The lowest BCUT2D eigenvalue weighted by Crippen LogP contribution is -2.32. The molecule has 0 bridgehead atoms. The van der Waals surface area contributed by atoms with Crippen molar-refractivity contribution in [3.63, 3.8) is 0 Å². The predicted molar refractivity (Wildman–Crippen MR) is 72.9 cm³/mol. The fraction of sp³-hybridized carbons (Fsp3) is 0.462. The lowest BCUT2D eigenvalue weighted by molar-refractivity contribution is -0.138. The normalized spacial score (nSPS) is 18.3. The standard InChI is InChI=1S/C13H17ClN2O2/c14-5-6-16(7-8-16)11-3-1-10(2-4-11)9-12(15)13(17)18/h1-4,12H,5-9,15H2/p+1/t12-/m0/s1. The van der Waals surface area contributed by atoms with Crippen molar-refractivity contribution < 1.29 is 9.90 Å². The van der Waals surface area contributed by atoms with Crippen LogP contribution in [0.4, 0.5) is 5.69 Å². The molecule has 1 aliphatic heterocycles. The first-order valence-corrected chi connectivity index (χ1v) is 6.61. The van der Waals surface area contributed by atoms with Crippen LogP contribution in [0.5, 0.6) is 0 Å². The number of carboxylic acids is 1. The van der Waals surface area contributed by atoms with E-state index in [2.05, 4.69) is 12.1 Å².